The monoisotopic (exact) mass is 317 g/mol. The van der Waals surface area contributed by atoms with Crippen LogP contribution < -0.4 is 10.1 Å². The Morgan fingerprint density at radius 1 is 1.26 bits per heavy atom. The number of aromatic nitrogens is 3. The number of hydrogen-bond donors (Lipinski definition) is 2. The molecular formula is C16H23N5O2. The van der Waals surface area contributed by atoms with Crippen molar-refractivity contribution in [3.8, 4) is 5.75 Å². The van der Waals surface area contributed by atoms with Gasteiger partial charge in [-0.15, -0.1) is 10.2 Å². The van der Waals surface area contributed by atoms with E-state index in [1.807, 2.05) is 45.0 Å². The Labute approximate surface area is 136 Å². The SMILES string of the molecule is CC(C)NC(C)C(O)COc1ccccc1/C=N/n1cnnc1. The van der Waals surface area contributed by atoms with Crippen LogP contribution in [-0.2, 0) is 0 Å². The van der Waals surface area contributed by atoms with E-state index in [0.29, 0.717) is 11.8 Å². The van der Waals surface area contributed by atoms with E-state index in [0.717, 1.165) is 5.56 Å². The van der Waals surface area contributed by atoms with Crippen molar-refractivity contribution in [1.29, 1.82) is 0 Å². The first kappa shape index (κ1) is 17.1. The molecule has 0 amide bonds. The van der Waals surface area contributed by atoms with Gasteiger partial charge in [-0.05, 0) is 19.1 Å². The summed E-state index contributed by atoms with van der Waals surface area (Å²) < 4.78 is 7.25. The Balaban J connectivity index is 1.97. The lowest BCUT2D eigenvalue weighted by molar-refractivity contribution is 0.0759. The van der Waals surface area contributed by atoms with Gasteiger partial charge >= 0.3 is 0 Å². The summed E-state index contributed by atoms with van der Waals surface area (Å²) in [5.41, 5.74) is 0.817. The summed E-state index contributed by atoms with van der Waals surface area (Å²) in [7, 11) is 0. The van der Waals surface area contributed by atoms with Crippen molar-refractivity contribution >= 4 is 6.21 Å². The highest BCUT2D eigenvalue weighted by Gasteiger charge is 2.16. The maximum absolute atomic E-state index is 10.2. The van der Waals surface area contributed by atoms with Crippen molar-refractivity contribution in [1.82, 2.24) is 20.2 Å². The number of aliphatic hydroxyl groups excluding tert-OH is 1. The van der Waals surface area contributed by atoms with Gasteiger partial charge in [0.1, 0.15) is 31.1 Å². The summed E-state index contributed by atoms with van der Waals surface area (Å²) in [6.45, 7) is 6.23. The summed E-state index contributed by atoms with van der Waals surface area (Å²) >= 11 is 0. The molecule has 0 fully saturated rings. The maximum atomic E-state index is 10.2. The average molecular weight is 317 g/mol. The number of hydrogen-bond acceptors (Lipinski definition) is 6. The number of aliphatic hydroxyl groups is 1. The molecule has 0 aliphatic carbocycles. The molecule has 2 N–H and O–H groups in total. The van der Waals surface area contributed by atoms with Gasteiger partial charge < -0.3 is 15.2 Å². The number of nitrogens with one attached hydrogen (secondary N) is 1. The largest absolute Gasteiger partial charge is 0.490 e. The van der Waals surface area contributed by atoms with Gasteiger partial charge in [0.05, 0.1) is 6.21 Å². The molecule has 1 aromatic heterocycles. The Morgan fingerprint density at radius 3 is 2.65 bits per heavy atom. The van der Waals surface area contributed by atoms with Crippen LogP contribution in [0.4, 0.5) is 0 Å². The zero-order valence-electron chi connectivity index (χ0n) is 13.6. The molecule has 0 aliphatic rings. The van der Waals surface area contributed by atoms with E-state index in [2.05, 4.69) is 20.6 Å². The summed E-state index contributed by atoms with van der Waals surface area (Å²) in [5, 5.41) is 25.0. The Hall–Kier alpha value is -2.25. The Morgan fingerprint density at radius 2 is 1.96 bits per heavy atom. The predicted molar refractivity (Wildman–Crippen MR) is 88.7 cm³/mol. The first-order chi connectivity index (χ1) is 11.1. The normalized spacial score (nSPS) is 14.3. The van der Waals surface area contributed by atoms with Crippen LogP contribution in [0.1, 0.15) is 26.3 Å². The zero-order valence-corrected chi connectivity index (χ0v) is 13.6. The molecule has 0 radical (unpaired) electrons. The summed E-state index contributed by atoms with van der Waals surface area (Å²) in [5.74, 6) is 0.667. The van der Waals surface area contributed by atoms with Crippen LogP contribution in [0.25, 0.3) is 0 Å². The molecule has 0 bridgehead atoms. The van der Waals surface area contributed by atoms with Crippen molar-refractivity contribution in [3.05, 3.63) is 42.5 Å². The molecule has 2 rings (SSSR count). The maximum Gasteiger partial charge on any atom is 0.141 e. The lowest BCUT2D eigenvalue weighted by Gasteiger charge is -2.23. The van der Waals surface area contributed by atoms with Gasteiger partial charge in [-0.2, -0.15) is 5.10 Å². The highest BCUT2D eigenvalue weighted by Crippen LogP contribution is 2.16. The fourth-order valence-corrected chi connectivity index (χ4v) is 2.06. The summed E-state index contributed by atoms with van der Waals surface area (Å²) in [4.78, 5) is 0. The third-order valence-electron chi connectivity index (χ3n) is 3.24. The lowest BCUT2D eigenvalue weighted by Crippen LogP contribution is -2.43. The van der Waals surface area contributed by atoms with E-state index < -0.39 is 6.10 Å². The summed E-state index contributed by atoms with van der Waals surface area (Å²) in [6.07, 6.45) is 4.08. The fraction of sp³-hybridized carbons (Fsp3) is 0.438. The number of benzene rings is 1. The first-order valence-electron chi connectivity index (χ1n) is 7.61. The van der Waals surface area contributed by atoms with Gasteiger partial charge in [0.25, 0.3) is 0 Å². The smallest absolute Gasteiger partial charge is 0.141 e. The second-order valence-electron chi connectivity index (χ2n) is 5.61. The van der Waals surface area contributed by atoms with Crippen molar-refractivity contribution in [2.75, 3.05) is 6.61 Å². The minimum absolute atomic E-state index is 0.0483. The van der Waals surface area contributed by atoms with Crippen LogP contribution in [0.5, 0.6) is 5.75 Å². The van der Waals surface area contributed by atoms with Gasteiger partial charge in [-0.3, -0.25) is 0 Å². The molecule has 7 heteroatoms. The minimum Gasteiger partial charge on any atom is -0.490 e. The molecule has 0 aliphatic heterocycles. The molecule has 23 heavy (non-hydrogen) atoms. The second kappa shape index (κ2) is 8.40. The standard InChI is InChI=1S/C16H23N5O2/c1-12(2)20-13(3)15(22)9-23-16-7-5-4-6-14(16)8-19-21-10-17-18-11-21/h4-8,10-13,15,20,22H,9H2,1-3H3/b19-8+. The van der Waals surface area contributed by atoms with Crippen molar-refractivity contribution in [2.45, 2.75) is 39.0 Å². The average Bonchev–Trinajstić information content (AvgIpc) is 3.04. The quantitative estimate of drug-likeness (QED) is 0.717. The lowest BCUT2D eigenvalue weighted by atomic mass is 10.1. The predicted octanol–water partition coefficient (Wildman–Crippen LogP) is 1.29. The van der Waals surface area contributed by atoms with Crippen LogP contribution in [0, 0.1) is 0 Å². The third kappa shape index (κ3) is 5.46. The molecule has 2 atom stereocenters. The van der Waals surface area contributed by atoms with Crippen LogP contribution in [0.15, 0.2) is 42.0 Å². The van der Waals surface area contributed by atoms with E-state index in [1.54, 1.807) is 6.21 Å². The molecule has 0 saturated carbocycles. The van der Waals surface area contributed by atoms with Gasteiger partial charge in [-0.1, -0.05) is 26.0 Å². The fourth-order valence-electron chi connectivity index (χ4n) is 2.06. The Bertz CT molecular complexity index is 613. The van der Waals surface area contributed by atoms with Gasteiger partial charge in [0.15, 0.2) is 0 Å². The van der Waals surface area contributed by atoms with E-state index in [9.17, 15) is 5.11 Å². The van der Waals surface area contributed by atoms with E-state index in [-0.39, 0.29) is 12.6 Å². The molecule has 0 spiro atoms. The van der Waals surface area contributed by atoms with E-state index in [1.165, 1.54) is 17.3 Å². The number of rotatable bonds is 8. The number of para-hydroxylation sites is 1. The van der Waals surface area contributed by atoms with Crippen LogP contribution in [0.3, 0.4) is 0 Å². The van der Waals surface area contributed by atoms with Crippen LogP contribution in [0.2, 0.25) is 0 Å². The van der Waals surface area contributed by atoms with Crippen molar-refractivity contribution in [2.24, 2.45) is 5.10 Å². The topological polar surface area (TPSA) is 84.6 Å². The minimum atomic E-state index is -0.597. The second-order valence-corrected chi connectivity index (χ2v) is 5.61. The van der Waals surface area contributed by atoms with Crippen LogP contribution in [-0.4, -0.2) is 51.0 Å². The molecule has 2 unspecified atom stereocenters. The van der Waals surface area contributed by atoms with Gasteiger partial charge in [0.2, 0.25) is 0 Å². The highest BCUT2D eigenvalue weighted by atomic mass is 16.5. The molecule has 2 aromatic rings. The van der Waals surface area contributed by atoms with Gasteiger partial charge in [0, 0.05) is 17.6 Å². The molecule has 1 aromatic carbocycles. The highest BCUT2D eigenvalue weighted by molar-refractivity contribution is 5.83. The molecule has 1 heterocycles. The molecule has 0 saturated heterocycles. The third-order valence-corrected chi connectivity index (χ3v) is 3.24. The number of ether oxygens (including phenoxy) is 1. The Kier molecular flexibility index (Phi) is 6.25. The molecule has 124 valence electrons. The first-order valence-corrected chi connectivity index (χ1v) is 7.61. The van der Waals surface area contributed by atoms with Gasteiger partial charge in [-0.25, -0.2) is 4.68 Å². The zero-order chi connectivity index (χ0) is 16.7. The van der Waals surface area contributed by atoms with Crippen molar-refractivity contribution < 1.29 is 9.84 Å². The molecule has 7 nitrogen and oxygen atoms in total. The number of nitrogens with zero attached hydrogens (tertiary/aromatic N) is 4. The summed E-state index contributed by atoms with van der Waals surface area (Å²) in [6, 6.07) is 7.79. The molecular weight excluding hydrogens is 294 g/mol. The van der Waals surface area contributed by atoms with Crippen molar-refractivity contribution in [3.63, 3.8) is 0 Å². The van der Waals surface area contributed by atoms with Crippen LogP contribution >= 0.6 is 0 Å². The van der Waals surface area contributed by atoms with E-state index in [4.69, 9.17) is 4.74 Å². The van der Waals surface area contributed by atoms with E-state index >= 15 is 0 Å².